The van der Waals surface area contributed by atoms with Crippen molar-refractivity contribution in [2.75, 3.05) is 26.7 Å². The van der Waals surface area contributed by atoms with Crippen molar-refractivity contribution in [2.24, 2.45) is 0 Å². The van der Waals surface area contributed by atoms with Crippen LogP contribution in [0.3, 0.4) is 0 Å². The van der Waals surface area contributed by atoms with E-state index in [2.05, 4.69) is 10.6 Å². The van der Waals surface area contributed by atoms with Crippen LogP contribution in [0.1, 0.15) is 24.8 Å². The van der Waals surface area contributed by atoms with Gasteiger partial charge in [0.05, 0.1) is 11.4 Å². The van der Waals surface area contributed by atoms with Crippen LogP contribution in [-0.2, 0) is 21.4 Å². The molecule has 6 nitrogen and oxygen atoms in total. The van der Waals surface area contributed by atoms with Crippen LogP contribution in [-0.4, -0.2) is 45.3 Å². The maximum Gasteiger partial charge on any atom is 0.243 e. The third kappa shape index (κ3) is 4.28. The van der Waals surface area contributed by atoms with Crippen molar-refractivity contribution >= 4 is 15.9 Å². The molecule has 0 atom stereocenters. The first-order valence-corrected chi connectivity index (χ1v) is 8.98. The van der Waals surface area contributed by atoms with Gasteiger partial charge in [0.15, 0.2) is 0 Å². The topological polar surface area (TPSA) is 78.5 Å². The molecule has 22 heavy (non-hydrogen) atoms. The number of hydrogen-bond donors (Lipinski definition) is 2. The van der Waals surface area contributed by atoms with E-state index in [1.54, 1.807) is 29.6 Å². The first-order chi connectivity index (χ1) is 10.5. The summed E-state index contributed by atoms with van der Waals surface area (Å²) in [5, 5.41) is 5.52. The number of benzene rings is 1. The molecule has 1 fully saturated rings. The molecule has 0 spiro atoms. The van der Waals surface area contributed by atoms with Gasteiger partial charge in [0, 0.05) is 19.6 Å². The van der Waals surface area contributed by atoms with Gasteiger partial charge in [-0.05, 0) is 37.6 Å². The lowest BCUT2D eigenvalue weighted by Crippen LogP contribution is -2.35. The van der Waals surface area contributed by atoms with Gasteiger partial charge in [-0.1, -0.05) is 18.6 Å². The average molecular weight is 325 g/mol. The molecule has 2 rings (SSSR count). The fraction of sp³-hybridized carbons (Fsp3) is 0.533. The van der Waals surface area contributed by atoms with Crippen molar-refractivity contribution in [3.8, 4) is 0 Å². The van der Waals surface area contributed by atoms with Crippen LogP contribution in [0.15, 0.2) is 29.2 Å². The second-order valence-corrected chi connectivity index (χ2v) is 7.36. The van der Waals surface area contributed by atoms with Crippen LogP contribution in [0.4, 0.5) is 0 Å². The number of piperidine rings is 1. The van der Waals surface area contributed by atoms with Crippen LogP contribution in [0.25, 0.3) is 0 Å². The summed E-state index contributed by atoms with van der Waals surface area (Å²) in [6.45, 7) is 1.74. The van der Waals surface area contributed by atoms with Gasteiger partial charge in [-0.3, -0.25) is 4.79 Å². The van der Waals surface area contributed by atoms with E-state index in [9.17, 15) is 13.2 Å². The SMILES string of the molecule is CNCC(=O)NCc1cccc(S(=O)(=O)N2CCCCC2)c1. The Bertz CT molecular complexity index is 610. The Labute approximate surface area is 131 Å². The highest BCUT2D eigenvalue weighted by Gasteiger charge is 2.25. The zero-order valence-corrected chi connectivity index (χ0v) is 13.7. The Hall–Kier alpha value is -1.44. The third-order valence-electron chi connectivity index (χ3n) is 3.68. The third-order valence-corrected chi connectivity index (χ3v) is 5.57. The summed E-state index contributed by atoms with van der Waals surface area (Å²) in [5.74, 6) is -0.119. The Morgan fingerprint density at radius 1 is 1.23 bits per heavy atom. The lowest BCUT2D eigenvalue weighted by atomic mass is 10.2. The first kappa shape index (κ1) is 16.9. The highest BCUT2D eigenvalue weighted by molar-refractivity contribution is 7.89. The fourth-order valence-electron chi connectivity index (χ4n) is 2.49. The van der Waals surface area contributed by atoms with Crippen molar-refractivity contribution in [3.63, 3.8) is 0 Å². The molecule has 0 saturated carbocycles. The van der Waals surface area contributed by atoms with Crippen LogP contribution < -0.4 is 10.6 Å². The summed E-state index contributed by atoms with van der Waals surface area (Å²) in [6.07, 6.45) is 2.92. The van der Waals surface area contributed by atoms with Gasteiger partial charge < -0.3 is 10.6 Å². The smallest absolute Gasteiger partial charge is 0.243 e. The van der Waals surface area contributed by atoms with E-state index in [0.717, 1.165) is 24.8 Å². The summed E-state index contributed by atoms with van der Waals surface area (Å²) in [5.41, 5.74) is 0.780. The molecule has 2 N–H and O–H groups in total. The van der Waals surface area contributed by atoms with Crippen LogP contribution >= 0.6 is 0 Å². The summed E-state index contributed by atoms with van der Waals surface area (Å²) in [6, 6.07) is 6.79. The standard InChI is InChI=1S/C15H23N3O3S/c1-16-12-15(19)17-11-13-6-5-7-14(10-13)22(20,21)18-8-3-2-4-9-18/h5-7,10,16H,2-4,8-9,11-12H2,1H3,(H,17,19). The molecule has 7 heteroatoms. The van der Waals surface area contributed by atoms with E-state index in [1.807, 2.05) is 6.07 Å². The molecule has 1 aromatic carbocycles. The number of amides is 1. The molecule has 0 aliphatic carbocycles. The zero-order chi connectivity index (χ0) is 16.0. The first-order valence-electron chi connectivity index (χ1n) is 7.54. The average Bonchev–Trinajstić information content (AvgIpc) is 2.54. The zero-order valence-electron chi connectivity index (χ0n) is 12.8. The fourth-order valence-corrected chi connectivity index (χ4v) is 4.08. The number of carbonyl (C=O) groups excluding carboxylic acids is 1. The Balaban J connectivity index is 2.08. The van der Waals surface area contributed by atoms with Gasteiger partial charge in [-0.2, -0.15) is 4.31 Å². The van der Waals surface area contributed by atoms with Crippen molar-refractivity contribution in [1.82, 2.24) is 14.9 Å². The predicted octanol–water partition coefficient (Wildman–Crippen LogP) is 0.697. The minimum absolute atomic E-state index is 0.119. The van der Waals surface area contributed by atoms with E-state index in [0.29, 0.717) is 24.5 Å². The predicted molar refractivity (Wildman–Crippen MR) is 84.8 cm³/mol. The molecule has 0 radical (unpaired) electrons. The van der Waals surface area contributed by atoms with Gasteiger partial charge in [-0.15, -0.1) is 0 Å². The van der Waals surface area contributed by atoms with Crippen molar-refractivity contribution in [1.29, 1.82) is 0 Å². The van der Waals surface area contributed by atoms with Gasteiger partial charge in [0.25, 0.3) is 0 Å². The largest absolute Gasteiger partial charge is 0.351 e. The lowest BCUT2D eigenvalue weighted by molar-refractivity contribution is -0.120. The highest BCUT2D eigenvalue weighted by atomic mass is 32.2. The van der Waals surface area contributed by atoms with Crippen LogP contribution in [0, 0.1) is 0 Å². The number of nitrogens with zero attached hydrogens (tertiary/aromatic N) is 1. The van der Waals surface area contributed by atoms with E-state index in [-0.39, 0.29) is 12.5 Å². The number of carbonyl (C=O) groups is 1. The van der Waals surface area contributed by atoms with E-state index in [1.165, 1.54) is 0 Å². The normalized spacial score (nSPS) is 16.4. The molecule has 1 aliphatic heterocycles. The molecule has 0 aromatic heterocycles. The Kier molecular flexibility index (Phi) is 5.93. The van der Waals surface area contributed by atoms with E-state index < -0.39 is 10.0 Å². The summed E-state index contributed by atoms with van der Waals surface area (Å²) in [4.78, 5) is 11.7. The van der Waals surface area contributed by atoms with E-state index >= 15 is 0 Å². The van der Waals surface area contributed by atoms with E-state index in [4.69, 9.17) is 0 Å². The molecule has 0 bridgehead atoms. The maximum atomic E-state index is 12.6. The number of sulfonamides is 1. The molecule has 1 aromatic rings. The number of rotatable bonds is 6. The molecule has 122 valence electrons. The lowest BCUT2D eigenvalue weighted by Gasteiger charge is -2.26. The molecule has 1 saturated heterocycles. The second kappa shape index (κ2) is 7.71. The molecular weight excluding hydrogens is 302 g/mol. The van der Waals surface area contributed by atoms with Gasteiger partial charge in [0.1, 0.15) is 0 Å². The highest BCUT2D eigenvalue weighted by Crippen LogP contribution is 2.21. The summed E-state index contributed by atoms with van der Waals surface area (Å²) < 4.78 is 26.8. The molecule has 1 aliphatic rings. The number of nitrogens with one attached hydrogen (secondary N) is 2. The number of hydrogen-bond acceptors (Lipinski definition) is 4. The molecule has 1 amide bonds. The van der Waals surface area contributed by atoms with Crippen molar-refractivity contribution in [3.05, 3.63) is 29.8 Å². The van der Waals surface area contributed by atoms with Crippen LogP contribution in [0.5, 0.6) is 0 Å². The summed E-state index contributed by atoms with van der Waals surface area (Å²) in [7, 11) is -1.73. The summed E-state index contributed by atoms with van der Waals surface area (Å²) >= 11 is 0. The van der Waals surface area contributed by atoms with Crippen molar-refractivity contribution < 1.29 is 13.2 Å². The molecular formula is C15H23N3O3S. The van der Waals surface area contributed by atoms with Crippen LogP contribution in [0.2, 0.25) is 0 Å². The van der Waals surface area contributed by atoms with Gasteiger partial charge in [0.2, 0.25) is 15.9 Å². The Morgan fingerprint density at radius 3 is 2.64 bits per heavy atom. The minimum atomic E-state index is -3.43. The minimum Gasteiger partial charge on any atom is -0.351 e. The molecule has 1 heterocycles. The van der Waals surface area contributed by atoms with Gasteiger partial charge >= 0.3 is 0 Å². The van der Waals surface area contributed by atoms with Gasteiger partial charge in [-0.25, -0.2) is 8.42 Å². The van der Waals surface area contributed by atoms with Crippen molar-refractivity contribution in [2.45, 2.75) is 30.7 Å². The monoisotopic (exact) mass is 325 g/mol. The molecule has 0 unspecified atom stereocenters. The quantitative estimate of drug-likeness (QED) is 0.807. The number of likely N-dealkylation sites (N-methyl/N-ethyl adjacent to an activating group) is 1. The maximum absolute atomic E-state index is 12.6. The second-order valence-electron chi connectivity index (χ2n) is 5.42. The Morgan fingerprint density at radius 2 is 1.95 bits per heavy atom.